The molecule has 7 heteroatoms. The van der Waals surface area contributed by atoms with E-state index in [2.05, 4.69) is 5.32 Å². The molecule has 18 heavy (non-hydrogen) atoms. The molecular formula is C11H19NO5S. The van der Waals surface area contributed by atoms with Crippen LogP contribution in [0.25, 0.3) is 0 Å². The summed E-state index contributed by atoms with van der Waals surface area (Å²) in [7, 11) is 0. The number of carbonyl (C=O) groups excluding carboxylic acids is 1. The number of rotatable bonds is 7. The van der Waals surface area contributed by atoms with Crippen molar-refractivity contribution in [3.63, 3.8) is 0 Å². The number of carboxylic acids is 1. The number of carboxylic acid groups (broad SMARTS) is 1. The fourth-order valence-corrected chi connectivity index (χ4v) is 2.88. The van der Waals surface area contributed by atoms with E-state index in [1.807, 2.05) is 0 Å². The summed E-state index contributed by atoms with van der Waals surface area (Å²) in [5.41, 5.74) is 0. The van der Waals surface area contributed by atoms with Crippen LogP contribution in [0.15, 0.2) is 0 Å². The molecule has 1 heterocycles. The van der Waals surface area contributed by atoms with E-state index in [0.29, 0.717) is 11.5 Å². The number of aliphatic carboxylic acids is 1. The molecule has 6 nitrogen and oxygen atoms in total. The molecule has 1 aliphatic heterocycles. The Kier molecular flexibility index (Phi) is 6.45. The van der Waals surface area contributed by atoms with E-state index in [9.17, 15) is 9.59 Å². The Morgan fingerprint density at radius 3 is 2.61 bits per heavy atom. The summed E-state index contributed by atoms with van der Waals surface area (Å²) in [6.45, 7) is 1.33. The summed E-state index contributed by atoms with van der Waals surface area (Å²) >= 11 is 1.44. The highest BCUT2D eigenvalue weighted by Gasteiger charge is 2.25. The minimum Gasteiger partial charge on any atom is -0.480 e. The normalized spacial score (nSPS) is 24.8. The molecule has 0 saturated carbocycles. The molecule has 1 fully saturated rings. The van der Waals surface area contributed by atoms with E-state index >= 15 is 0 Å². The Morgan fingerprint density at radius 1 is 1.44 bits per heavy atom. The van der Waals surface area contributed by atoms with Crippen molar-refractivity contribution in [3.05, 3.63) is 0 Å². The minimum atomic E-state index is -1.03. The maximum Gasteiger partial charge on any atom is 0.327 e. The molecule has 0 aromatic carbocycles. The van der Waals surface area contributed by atoms with Crippen molar-refractivity contribution in [1.82, 2.24) is 5.32 Å². The Morgan fingerprint density at radius 2 is 2.11 bits per heavy atom. The maximum absolute atomic E-state index is 10.9. The minimum absolute atomic E-state index is 0.0325. The third-order valence-corrected chi connectivity index (χ3v) is 3.84. The lowest BCUT2D eigenvalue weighted by atomic mass is 10.2. The molecule has 0 radical (unpaired) electrons. The van der Waals surface area contributed by atoms with Gasteiger partial charge in [-0.2, -0.15) is 11.8 Å². The van der Waals surface area contributed by atoms with Gasteiger partial charge in [-0.05, 0) is 12.8 Å². The smallest absolute Gasteiger partial charge is 0.327 e. The van der Waals surface area contributed by atoms with Crippen molar-refractivity contribution in [2.24, 2.45) is 0 Å². The van der Waals surface area contributed by atoms with Crippen molar-refractivity contribution in [2.45, 2.75) is 38.0 Å². The predicted molar refractivity (Wildman–Crippen MR) is 67.5 cm³/mol. The summed E-state index contributed by atoms with van der Waals surface area (Å²) in [6.07, 6.45) is 1.71. The van der Waals surface area contributed by atoms with E-state index in [1.54, 1.807) is 0 Å². The third kappa shape index (κ3) is 5.24. The summed E-state index contributed by atoms with van der Waals surface area (Å²) < 4.78 is 5.53. The summed E-state index contributed by atoms with van der Waals surface area (Å²) in [5.74, 6) is -0.378. The van der Waals surface area contributed by atoms with Gasteiger partial charge in [-0.1, -0.05) is 0 Å². The van der Waals surface area contributed by atoms with Crippen LogP contribution in [0.4, 0.5) is 0 Å². The Hall–Kier alpha value is -0.790. The number of amides is 1. The molecule has 1 amide bonds. The number of thioether (sulfide) groups is 1. The summed E-state index contributed by atoms with van der Waals surface area (Å²) in [4.78, 5) is 21.7. The SMILES string of the molecule is CC(=O)N[C@@H](CSC[C@@H]1CC[C@@H](CO)O1)C(=O)O. The summed E-state index contributed by atoms with van der Waals surface area (Å²) in [5, 5.41) is 20.2. The number of aliphatic hydroxyl groups excluding tert-OH is 1. The molecule has 1 rings (SSSR count). The molecule has 3 atom stereocenters. The number of nitrogens with one attached hydrogen (secondary N) is 1. The van der Waals surface area contributed by atoms with Crippen LogP contribution in [0.2, 0.25) is 0 Å². The zero-order chi connectivity index (χ0) is 13.5. The fraction of sp³-hybridized carbons (Fsp3) is 0.818. The van der Waals surface area contributed by atoms with E-state index in [1.165, 1.54) is 18.7 Å². The first-order valence-corrected chi connectivity index (χ1v) is 7.02. The molecule has 0 spiro atoms. The zero-order valence-electron chi connectivity index (χ0n) is 10.3. The fourth-order valence-electron chi connectivity index (χ4n) is 1.77. The van der Waals surface area contributed by atoms with Gasteiger partial charge in [0.15, 0.2) is 0 Å². The third-order valence-electron chi connectivity index (χ3n) is 2.66. The van der Waals surface area contributed by atoms with E-state index < -0.39 is 12.0 Å². The quantitative estimate of drug-likeness (QED) is 0.599. The predicted octanol–water partition coefficient (Wildman–Crippen LogP) is -0.151. The van der Waals surface area contributed by atoms with Crippen LogP contribution in [-0.4, -0.2) is 58.5 Å². The van der Waals surface area contributed by atoms with Gasteiger partial charge < -0.3 is 20.3 Å². The van der Waals surface area contributed by atoms with E-state index in [-0.39, 0.29) is 24.7 Å². The lowest BCUT2D eigenvalue weighted by Gasteiger charge is -2.15. The van der Waals surface area contributed by atoms with Gasteiger partial charge >= 0.3 is 5.97 Å². The summed E-state index contributed by atoms with van der Waals surface area (Å²) in [6, 6.07) is -0.859. The van der Waals surface area contributed by atoms with E-state index in [4.69, 9.17) is 14.9 Å². The van der Waals surface area contributed by atoms with Crippen molar-refractivity contribution in [3.8, 4) is 0 Å². The van der Waals surface area contributed by atoms with Crippen LogP contribution in [0.5, 0.6) is 0 Å². The van der Waals surface area contributed by atoms with Crippen molar-refractivity contribution >= 4 is 23.6 Å². The molecule has 3 N–H and O–H groups in total. The van der Waals surface area contributed by atoms with E-state index in [0.717, 1.165) is 12.8 Å². The van der Waals surface area contributed by atoms with Gasteiger partial charge in [-0.15, -0.1) is 0 Å². The highest BCUT2D eigenvalue weighted by Crippen LogP contribution is 2.22. The second-order valence-corrected chi connectivity index (χ2v) is 5.34. The van der Waals surface area contributed by atoms with Crippen LogP contribution in [0, 0.1) is 0 Å². The van der Waals surface area contributed by atoms with Crippen LogP contribution in [0.1, 0.15) is 19.8 Å². The van der Waals surface area contributed by atoms with Crippen LogP contribution < -0.4 is 5.32 Å². The van der Waals surface area contributed by atoms with Gasteiger partial charge in [0.2, 0.25) is 5.91 Å². The molecule has 104 valence electrons. The van der Waals surface area contributed by atoms with Gasteiger partial charge in [-0.3, -0.25) is 4.79 Å². The van der Waals surface area contributed by atoms with Crippen molar-refractivity contribution in [2.75, 3.05) is 18.1 Å². The Balaban J connectivity index is 2.22. The lowest BCUT2D eigenvalue weighted by molar-refractivity contribution is -0.140. The molecule has 1 saturated heterocycles. The second kappa shape index (κ2) is 7.60. The number of aliphatic hydroxyl groups is 1. The number of carbonyl (C=O) groups is 2. The molecule has 0 unspecified atom stereocenters. The lowest BCUT2D eigenvalue weighted by Crippen LogP contribution is -2.41. The number of hydrogen-bond acceptors (Lipinski definition) is 5. The average molecular weight is 277 g/mol. The monoisotopic (exact) mass is 277 g/mol. The molecule has 0 bridgehead atoms. The number of hydrogen-bond donors (Lipinski definition) is 3. The maximum atomic E-state index is 10.9. The topological polar surface area (TPSA) is 95.9 Å². The molecule has 0 aliphatic carbocycles. The first-order valence-electron chi connectivity index (χ1n) is 5.87. The number of ether oxygens (including phenoxy) is 1. The van der Waals surface area contributed by atoms with Gasteiger partial charge in [0.1, 0.15) is 6.04 Å². The van der Waals surface area contributed by atoms with Crippen LogP contribution in [0.3, 0.4) is 0 Å². The second-order valence-electron chi connectivity index (χ2n) is 4.27. The Bertz CT molecular complexity index is 299. The molecule has 0 aromatic heterocycles. The Labute approximate surface area is 110 Å². The highest BCUT2D eigenvalue weighted by atomic mass is 32.2. The van der Waals surface area contributed by atoms with Gasteiger partial charge in [-0.25, -0.2) is 4.79 Å². The van der Waals surface area contributed by atoms with Gasteiger partial charge in [0.05, 0.1) is 18.8 Å². The molecule has 1 aliphatic rings. The molecule has 0 aromatic rings. The van der Waals surface area contributed by atoms with Crippen LogP contribution >= 0.6 is 11.8 Å². The van der Waals surface area contributed by atoms with Crippen molar-refractivity contribution in [1.29, 1.82) is 0 Å². The zero-order valence-corrected chi connectivity index (χ0v) is 11.1. The van der Waals surface area contributed by atoms with Gasteiger partial charge in [0.25, 0.3) is 0 Å². The van der Waals surface area contributed by atoms with Crippen molar-refractivity contribution < 1.29 is 24.5 Å². The largest absolute Gasteiger partial charge is 0.480 e. The highest BCUT2D eigenvalue weighted by molar-refractivity contribution is 7.99. The van der Waals surface area contributed by atoms with Crippen LogP contribution in [-0.2, 0) is 14.3 Å². The molecular weight excluding hydrogens is 258 g/mol. The average Bonchev–Trinajstić information content (AvgIpc) is 2.75. The first-order chi connectivity index (χ1) is 8.52. The standard InChI is InChI=1S/C11H19NO5S/c1-7(14)12-10(11(15)16)6-18-5-9-3-2-8(4-13)17-9/h8-10,13H,2-6H2,1H3,(H,12,14)(H,15,16)/t8-,9-,10-/m0/s1. The van der Waals surface area contributed by atoms with Gasteiger partial charge in [0, 0.05) is 18.4 Å². The first kappa shape index (κ1) is 15.3.